The molecule has 9 nitrogen and oxygen atoms in total. The molecule has 0 radical (unpaired) electrons. The number of carbonyl (C=O) groups excluding carboxylic acids is 2. The molecule has 0 spiro atoms. The molecule has 0 saturated carbocycles. The SMILES string of the molecule is CCOc1ccc(N2C[C@H](C(=O)Nc3ccc(S(=O)(=O)N4CCOCC4)cc3)CC2=O)cc1. The van der Waals surface area contributed by atoms with Crippen LogP contribution in [0.4, 0.5) is 11.4 Å². The van der Waals surface area contributed by atoms with Crippen molar-refractivity contribution in [2.75, 3.05) is 49.7 Å². The summed E-state index contributed by atoms with van der Waals surface area (Å²) in [5.41, 5.74) is 1.20. The summed E-state index contributed by atoms with van der Waals surface area (Å²) in [6, 6.07) is 13.3. The number of hydrogen-bond acceptors (Lipinski definition) is 6. The monoisotopic (exact) mass is 473 g/mol. The molecule has 2 saturated heterocycles. The highest BCUT2D eigenvalue weighted by molar-refractivity contribution is 7.89. The first-order chi connectivity index (χ1) is 15.9. The molecule has 2 aliphatic heterocycles. The third-order valence-corrected chi connectivity index (χ3v) is 7.60. The predicted molar refractivity (Wildman–Crippen MR) is 123 cm³/mol. The van der Waals surface area contributed by atoms with Gasteiger partial charge in [-0.15, -0.1) is 0 Å². The van der Waals surface area contributed by atoms with Gasteiger partial charge in [0.2, 0.25) is 21.8 Å². The molecule has 176 valence electrons. The van der Waals surface area contributed by atoms with E-state index in [2.05, 4.69) is 5.32 Å². The number of carbonyl (C=O) groups is 2. The first kappa shape index (κ1) is 23.2. The standard InChI is InChI=1S/C23H27N3O6S/c1-2-32-20-7-5-19(6-8-20)26-16-17(15-22(26)27)23(28)24-18-3-9-21(10-4-18)33(29,30)25-11-13-31-14-12-25/h3-10,17H,2,11-16H2,1H3,(H,24,28)/t17-/m1/s1. The Morgan fingerprint density at radius 2 is 1.76 bits per heavy atom. The fourth-order valence-electron chi connectivity index (χ4n) is 3.91. The van der Waals surface area contributed by atoms with Gasteiger partial charge in [-0.2, -0.15) is 4.31 Å². The summed E-state index contributed by atoms with van der Waals surface area (Å²) < 4.78 is 37.5. The maximum absolute atomic E-state index is 12.8. The van der Waals surface area contributed by atoms with Crippen LogP contribution in [0.5, 0.6) is 5.75 Å². The lowest BCUT2D eigenvalue weighted by atomic mass is 10.1. The molecular formula is C23H27N3O6S. The van der Waals surface area contributed by atoms with Crippen LogP contribution >= 0.6 is 0 Å². The highest BCUT2D eigenvalue weighted by atomic mass is 32.2. The van der Waals surface area contributed by atoms with Gasteiger partial charge in [0.05, 0.1) is 30.6 Å². The summed E-state index contributed by atoms with van der Waals surface area (Å²) in [5.74, 6) is -0.172. The summed E-state index contributed by atoms with van der Waals surface area (Å²) in [5, 5.41) is 2.79. The number of nitrogens with zero attached hydrogens (tertiary/aromatic N) is 2. The molecule has 2 aromatic carbocycles. The van der Waals surface area contributed by atoms with Crippen LogP contribution in [0, 0.1) is 5.92 Å². The summed E-state index contributed by atoms with van der Waals surface area (Å²) >= 11 is 0. The average molecular weight is 474 g/mol. The van der Waals surface area contributed by atoms with Crippen molar-refractivity contribution in [3.05, 3.63) is 48.5 Å². The van der Waals surface area contributed by atoms with E-state index in [1.165, 1.54) is 16.4 Å². The highest BCUT2D eigenvalue weighted by Gasteiger charge is 2.35. The Hall–Kier alpha value is -2.95. The van der Waals surface area contributed by atoms with Gasteiger partial charge < -0.3 is 19.7 Å². The lowest BCUT2D eigenvalue weighted by Crippen LogP contribution is -2.40. The summed E-state index contributed by atoms with van der Waals surface area (Å²) in [6.45, 7) is 4.13. The predicted octanol–water partition coefficient (Wildman–Crippen LogP) is 2.10. The van der Waals surface area contributed by atoms with Crippen molar-refractivity contribution in [2.45, 2.75) is 18.2 Å². The molecule has 1 N–H and O–H groups in total. The van der Waals surface area contributed by atoms with Gasteiger partial charge in [-0.3, -0.25) is 9.59 Å². The van der Waals surface area contributed by atoms with Crippen LogP contribution in [-0.2, 0) is 24.3 Å². The highest BCUT2D eigenvalue weighted by Crippen LogP contribution is 2.28. The second-order valence-corrected chi connectivity index (χ2v) is 9.80. The quantitative estimate of drug-likeness (QED) is 0.660. The third-order valence-electron chi connectivity index (χ3n) is 5.68. The van der Waals surface area contributed by atoms with Crippen molar-refractivity contribution in [1.82, 2.24) is 4.31 Å². The number of nitrogens with one attached hydrogen (secondary N) is 1. The average Bonchev–Trinajstić information content (AvgIpc) is 3.22. The lowest BCUT2D eigenvalue weighted by molar-refractivity contribution is -0.122. The summed E-state index contributed by atoms with van der Waals surface area (Å²) in [4.78, 5) is 27.0. The van der Waals surface area contributed by atoms with Gasteiger partial charge in [0, 0.05) is 37.4 Å². The normalized spacial score (nSPS) is 19.5. The zero-order valence-electron chi connectivity index (χ0n) is 18.4. The van der Waals surface area contributed by atoms with Crippen LogP contribution in [0.2, 0.25) is 0 Å². The van der Waals surface area contributed by atoms with Crippen LogP contribution in [0.15, 0.2) is 53.4 Å². The first-order valence-electron chi connectivity index (χ1n) is 10.9. The van der Waals surface area contributed by atoms with E-state index in [0.717, 1.165) is 11.4 Å². The molecule has 0 bridgehead atoms. The molecule has 2 heterocycles. The van der Waals surface area contributed by atoms with Gasteiger partial charge in [-0.1, -0.05) is 0 Å². The van der Waals surface area contributed by atoms with Crippen LogP contribution < -0.4 is 15.0 Å². The van der Waals surface area contributed by atoms with Gasteiger partial charge in [0.15, 0.2) is 0 Å². The summed E-state index contributed by atoms with van der Waals surface area (Å²) in [7, 11) is -3.59. The number of rotatable bonds is 7. The number of benzene rings is 2. The van der Waals surface area contributed by atoms with Gasteiger partial charge in [0.25, 0.3) is 0 Å². The molecule has 2 aromatic rings. The van der Waals surface area contributed by atoms with Crippen LogP contribution in [0.1, 0.15) is 13.3 Å². The fourth-order valence-corrected chi connectivity index (χ4v) is 5.32. The second kappa shape index (κ2) is 9.90. The molecular weight excluding hydrogens is 446 g/mol. The first-order valence-corrected chi connectivity index (χ1v) is 12.3. The minimum atomic E-state index is -3.59. The van der Waals surface area contributed by atoms with Gasteiger partial charge in [0.1, 0.15) is 5.75 Å². The molecule has 0 aromatic heterocycles. The van der Waals surface area contributed by atoms with Crippen LogP contribution in [0.3, 0.4) is 0 Å². The number of hydrogen-bond donors (Lipinski definition) is 1. The van der Waals surface area contributed by atoms with E-state index >= 15 is 0 Å². The number of sulfonamides is 1. The molecule has 10 heteroatoms. The molecule has 2 amide bonds. The third kappa shape index (κ3) is 5.18. The molecule has 0 unspecified atom stereocenters. The van der Waals surface area contributed by atoms with Crippen molar-refractivity contribution in [3.63, 3.8) is 0 Å². The number of amides is 2. The smallest absolute Gasteiger partial charge is 0.243 e. The Kier molecular flexibility index (Phi) is 6.96. The fraction of sp³-hybridized carbons (Fsp3) is 0.391. The van der Waals surface area contributed by atoms with E-state index in [9.17, 15) is 18.0 Å². The minimum absolute atomic E-state index is 0.114. The molecule has 0 aliphatic carbocycles. The van der Waals surface area contributed by atoms with Gasteiger partial charge >= 0.3 is 0 Å². The Morgan fingerprint density at radius 1 is 1.09 bits per heavy atom. The number of anilines is 2. The molecule has 33 heavy (non-hydrogen) atoms. The van der Waals surface area contributed by atoms with Crippen molar-refractivity contribution >= 4 is 33.2 Å². The minimum Gasteiger partial charge on any atom is -0.494 e. The van der Waals surface area contributed by atoms with Crippen molar-refractivity contribution in [3.8, 4) is 5.75 Å². The van der Waals surface area contributed by atoms with Crippen molar-refractivity contribution < 1.29 is 27.5 Å². The van der Waals surface area contributed by atoms with E-state index in [1.54, 1.807) is 41.3 Å². The Morgan fingerprint density at radius 3 is 2.39 bits per heavy atom. The largest absolute Gasteiger partial charge is 0.494 e. The molecule has 2 fully saturated rings. The maximum Gasteiger partial charge on any atom is 0.243 e. The van der Waals surface area contributed by atoms with E-state index in [0.29, 0.717) is 38.6 Å². The topological polar surface area (TPSA) is 105 Å². The van der Waals surface area contributed by atoms with Crippen LogP contribution in [-0.4, -0.2) is 64.0 Å². The van der Waals surface area contributed by atoms with Gasteiger partial charge in [-0.25, -0.2) is 8.42 Å². The molecule has 4 rings (SSSR count). The number of ether oxygens (including phenoxy) is 2. The molecule has 2 aliphatic rings. The van der Waals surface area contributed by atoms with E-state index in [4.69, 9.17) is 9.47 Å². The number of morpholine rings is 1. The zero-order chi connectivity index (χ0) is 23.4. The summed E-state index contributed by atoms with van der Waals surface area (Å²) in [6.07, 6.45) is 0.114. The van der Waals surface area contributed by atoms with Crippen molar-refractivity contribution in [2.24, 2.45) is 5.92 Å². The van der Waals surface area contributed by atoms with E-state index in [1.807, 2.05) is 6.92 Å². The maximum atomic E-state index is 12.8. The Labute approximate surface area is 193 Å². The Bertz CT molecular complexity index is 1100. The lowest BCUT2D eigenvalue weighted by Gasteiger charge is -2.26. The van der Waals surface area contributed by atoms with Crippen LogP contribution in [0.25, 0.3) is 0 Å². The zero-order valence-corrected chi connectivity index (χ0v) is 19.2. The Balaban J connectivity index is 1.37. The van der Waals surface area contributed by atoms with E-state index < -0.39 is 15.9 Å². The molecule has 1 atom stereocenters. The second-order valence-electron chi connectivity index (χ2n) is 7.86. The van der Waals surface area contributed by atoms with Gasteiger partial charge in [-0.05, 0) is 55.5 Å². The van der Waals surface area contributed by atoms with E-state index in [-0.39, 0.29) is 29.7 Å². The van der Waals surface area contributed by atoms with Crippen molar-refractivity contribution in [1.29, 1.82) is 0 Å².